The highest BCUT2D eigenvalue weighted by Crippen LogP contribution is 2.26. The van der Waals surface area contributed by atoms with Crippen molar-refractivity contribution in [1.29, 1.82) is 0 Å². The summed E-state index contributed by atoms with van der Waals surface area (Å²) >= 11 is 6.08. The first-order chi connectivity index (χ1) is 8.99. The lowest BCUT2D eigenvalue weighted by atomic mass is 10.0. The van der Waals surface area contributed by atoms with Gasteiger partial charge in [0.15, 0.2) is 0 Å². The highest BCUT2D eigenvalue weighted by molar-refractivity contribution is 6.34. The van der Waals surface area contributed by atoms with Crippen LogP contribution < -0.4 is 5.73 Å². The summed E-state index contributed by atoms with van der Waals surface area (Å²) < 4.78 is 0. The zero-order valence-electron chi connectivity index (χ0n) is 10.9. The molecule has 1 amide bonds. The van der Waals surface area contributed by atoms with Gasteiger partial charge in [0.2, 0.25) is 0 Å². The highest BCUT2D eigenvalue weighted by atomic mass is 35.5. The number of benzene rings is 2. The van der Waals surface area contributed by atoms with Gasteiger partial charge in [-0.3, -0.25) is 4.79 Å². The van der Waals surface area contributed by atoms with Crippen LogP contribution >= 0.6 is 11.6 Å². The van der Waals surface area contributed by atoms with Crippen LogP contribution in [0.2, 0.25) is 5.02 Å². The summed E-state index contributed by atoms with van der Waals surface area (Å²) in [7, 11) is 3.41. The van der Waals surface area contributed by atoms with Gasteiger partial charge in [0, 0.05) is 19.8 Å². The van der Waals surface area contributed by atoms with Crippen LogP contribution in [0.3, 0.4) is 0 Å². The lowest BCUT2D eigenvalue weighted by molar-refractivity contribution is 0.0828. The quantitative estimate of drug-likeness (QED) is 0.854. The van der Waals surface area contributed by atoms with Gasteiger partial charge in [0.25, 0.3) is 5.91 Å². The smallest absolute Gasteiger partial charge is 0.254 e. The molecule has 0 aliphatic heterocycles. The van der Waals surface area contributed by atoms with E-state index in [1.807, 2.05) is 30.3 Å². The van der Waals surface area contributed by atoms with E-state index in [1.54, 1.807) is 26.2 Å². The molecule has 0 unspecified atom stereocenters. The minimum atomic E-state index is -0.109. The Labute approximate surface area is 117 Å². The van der Waals surface area contributed by atoms with Gasteiger partial charge in [-0.05, 0) is 35.4 Å². The Balaban J connectivity index is 2.46. The molecule has 0 heterocycles. The molecular weight excluding hydrogens is 260 g/mol. The van der Waals surface area contributed by atoms with E-state index in [0.717, 1.165) is 11.1 Å². The monoisotopic (exact) mass is 274 g/mol. The zero-order valence-corrected chi connectivity index (χ0v) is 11.6. The second kappa shape index (κ2) is 5.33. The van der Waals surface area contributed by atoms with E-state index in [1.165, 1.54) is 4.90 Å². The van der Waals surface area contributed by atoms with Crippen LogP contribution in [-0.2, 0) is 0 Å². The third kappa shape index (κ3) is 2.88. The molecule has 0 aromatic heterocycles. The van der Waals surface area contributed by atoms with Crippen LogP contribution in [-0.4, -0.2) is 24.9 Å². The van der Waals surface area contributed by atoms with Crippen LogP contribution in [0.1, 0.15) is 10.4 Å². The molecule has 3 nitrogen and oxygen atoms in total. The number of nitrogens with zero attached hydrogens (tertiary/aromatic N) is 1. The average molecular weight is 275 g/mol. The third-order valence-electron chi connectivity index (χ3n) is 2.85. The van der Waals surface area contributed by atoms with E-state index in [9.17, 15) is 4.79 Å². The number of amides is 1. The summed E-state index contributed by atoms with van der Waals surface area (Å²) in [6.07, 6.45) is 0. The van der Waals surface area contributed by atoms with Crippen molar-refractivity contribution in [2.24, 2.45) is 0 Å². The van der Waals surface area contributed by atoms with Crippen LogP contribution in [0.25, 0.3) is 11.1 Å². The van der Waals surface area contributed by atoms with Gasteiger partial charge in [-0.2, -0.15) is 0 Å². The first kappa shape index (κ1) is 13.4. The second-order valence-electron chi connectivity index (χ2n) is 4.52. The van der Waals surface area contributed by atoms with Gasteiger partial charge in [-0.15, -0.1) is 0 Å². The Morgan fingerprint density at radius 2 is 1.63 bits per heavy atom. The number of rotatable bonds is 2. The van der Waals surface area contributed by atoms with Crippen LogP contribution in [0.5, 0.6) is 0 Å². The first-order valence-electron chi connectivity index (χ1n) is 5.86. The molecule has 0 fully saturated rings. The number of hydrogen-bond donors (Lipinski definition) is 1. The summed E-state index contributed by atoms with van der Waals surface area (Å²) in [6.45, 7) is 0. The molecule has 2 rings (SSSR count). The summed E-state index contributed by atoms with van der Waals surface area (Å²) in [4.78, 5) is 13.5. The Kier molecular flexibility index (Phi) is 3.76. The number of halogens is 1. The predicted octanol–water partition coefficient (Wildman–Crippen LogP) is 3.29. The molecule has 0 saturated heterocycles. The molecule has 19 heavy (non-hydrogen) atoms. The molecule has 0 saturated carbocycles. The number of carbonyl (C=O) groups is 1. The topological polar surface area (TPSA) is 46.3 Å². The molecule has 2 aromatic rings. The maximum absolute atomic E-state index is 12.0. The van der Waals surface area contributed by atoms with Crippen molar-refractivity contribution in [1.82, 2.24) is 4.90 Å². The fourth-order valence-corrected chi connectivity index (χ4v) is 1.98. The van der Waals surface area contributed by atoms with Crippen molar-refractivity contribution in [3.63, 3.8) is 0 Å². The van der Waals surface area contributed by atoms with Crippen molar-refractivity contribution in [3.8, 4) is 11.1 Å². The lowest BCUT2D eigenvalue weighted by Gasteiger charge is -2.13. The number of carbonyl (C=O) groups excluding carboxylic acids is 1. The molecule has 0 aliphatic rings. The maximum Gasteiger partial charge on any atom is 0.254 e. The van der Waals surface area contributed by atoms with Gasteiger partial charge in [0.05, 0.1) is 10.6 Å². The predicted molar refractivity (Wildman–Crippen MR) is 79.3 cm³/mol. The molecule has 0 spiro atoms. The van der Waals surface area contributed by atoms with Crippen LogP contribution in [0.15, 0.2) is 42.5 Å². The van der Waals surface area contributed by atoms with Crippen molar-refractivity contribution in [2.75, 3.05) is 19.8 Å². The molecular formula is C15H15ClN2O. The second-order valence-corrected chi connectivity index (χ2v) is 4.92. The van der Waals surface area contributed by atoms with Gasteiger partial charge >= 0.3 is 0 Å². The number of nitrogens with two attached hydrogens (primary N) is 1. The first-order valence-corrected chi connectivity index (χ1v) is 6.24. The van der Waals surface area contributed by atoms with E-state index in [-0.39, 0.29) is 5.91 Å². The Hall–Kier alpha value is -2.00. The van der Waals surface area contributed by atoms with E-state index >= 15 is 0 Å². The Morgan fingerprint density at radius 3 is 2.21 bits per heavy atom. The highest BCUT2D eigenvalue weighted by Gasteiger charge is 2.13. The lowest BCUT2D eigenvalue weighted by Crippen LogP contribution is -2.22. The number of nitrogen functional groups attached to an aromatic ring is 1. The number of anilines is 1. The average Bonchev–Trinajstić information content (AvgIpc) is 2.39. The fourth-order valence-electron chi connectivity index (χ4n) is 1.79. The minimum Gasteiger partial charge on any atom is -0.399 e. The third-order valence-corrected chi connectivity index (χ3v) is 3.18. The van der Waals surface area contributed by atoms with Crippen LogP contribution in [0.4, 0.5) is 5.69 Å². The summed E-state index contributed by atoms with van der Waals surface area (Å²) in [5, 5.41) is 0.456. The van der Waals surface area contributed by atoms with E-state index < -0.39 is 0 Å². The van der Waals surface area contributed by atoms with Gasteiger partial charge in [-0.1, -0.05) is 29.8 Å². The summed E-state index contributed by atoms with van der Waals surface area (Å²) in [6, 6.07) is 12.9. The molecule has 2 N–H and O–H groups in total. The fraction of sp³-hybridized carbons (Fsp3) is 0.133. The van der Waals surface area contributed by atoms with E-state index in [2.05, 4.69) is 0 Å². The summed E-state index contributed by atoms with van der Waals surface area (Å²) in [5.41, 5.74) is 8.81. The van der Waals surface area contributed by atoms with Crippen molar-refractivity contribution in [2.45, 2.75) is 0 Å². The maximum atomic E-state index is 12.0. The molecule has 4 heteroatoms. The molecule has 0 atom stereocenters. The van der Waals surface area contributed by atoms with Gasteiger partial charge in [0.1, 0.15) is 0 Å². The van der Waals surface area contributed by atoms with Gasteiger partial charge < -0.3 is 10.6 Å². The normalized spacial score (nSPS) is 10.3. The largest absolute Gasteiger partial charge is 0.399 e. The van der Waals surface area contributed by atoms with Crippen molar-refractivity contribution < 1.29 is 4.79 Å². The standard InChI is InChI=1S/C15H15ClN2O/c1-18(2)15(19)13-9-11(5-8-14(13)16)10-3-6-12(17)7-4-10/h3-9H,17H2,1-2H3. The SMILES string of the molecule is CN(C)C(=O)c1cc(-c2ccc(N)cc2)ccc1Cl. The molecule has 2 aromatic carbocycles. The zero-order chi connectivity index (χ0) is 14.0. The molecule has 98 valence electrons. The molecule has 0 bridgehead atoms. The Morgan fingerprint density at radius 1 is 1.05 bits per heavy atom. The van der Waals surface area contributed by atoms with E-state index in [0.29, 0.717) is 16.3 Å². The summed E-state index contributed by atoms with van der Waals surface area (Å²) in [5.74, 6) is -0.109. The Bertz CT molecular complexity index is 606. The molecule has 0 radical (unpaired) electrons. The number of hydrogen-bond acceptors (Lipinski definition) is 2. The van der Waals surface area contributed by atoms with E-state index in [4.69, 9.17) is 17.3 Å². The van der Waals surface area contributed by atoms with Crippen molar-refractivity contribution in [3.05, 3.63) is 53.1 Å². The van der Waals surface area contributed by atoms with Gasteiger partial charge in [-0.25, -0.2) is 0 Å². The minimum absolute atomic E-state index is 0.109. The van der Waals surface area contributed by atoms with Crippen LogP contribution in [0, 0.1) is 0 Å². The molecule has 0 aliphatic carbocycles. The van der Waals surface area contributed by atoms with Crippen molar-refractivity contribution >= 4 is 23.2 Å².